The lowest BCUT2D eigenvalue weighted by molar-refractivity contribution is -0.137. The molecule has 1 amide bonds. The second kappa shape index (κ2) is 9.62. The second-order valence-electron chi connectivity index (χ2n) is 8.50. The average Bonchev–Trinajstić information content (AvgIpc) is 2.69. The number of nitrogens with zero attached hydrogens (tertiary/aromatic N) is 1. The van der Waals surface area contributed by atoms with Crippen molar-refractivity contribution in [3.8, 4) is 0 Å². The van der Waals surface area contributed by atoms with E-state index in [1.807, 2.05) is 0 Å². The van der Waals surface area contributed by atoms with Crippen molar-refractivity contribution in [3.05, 3.63) is 29.3 Å². The minimum absolute atomic E-state index is 0.0342. The van der Waals surface area contributed by atoms with Gasteiger partial charge in [0.25, 0.3) is 0 Å². The summed E-state index contributed by atoms with van der Waals surface area (Å²) in [5, 5.41) is 16.4. The number of hydrogen-bond donors (Lipinski definition) is 3. The maximum absolute atomic E-state index is 13.0. The first-order chi connectivity index (χ1) is 14.2. The SMILES string of the molecule is O=C(CC1CCN(CC2(O)CCNCC2)CC1)Nc1cc(CF)cc(C(F)(F)F)c1. The lowest BCUT2D eigenvalue weighted by atomic mass is 9.89. The van der Waals surface area contributed by atoms with Gasteiger partial charge >= 0.3 is 6.18 Å². The molecule has 0 saturated carbocycles. The van der Waals surface area contributed by atoms with Gasteiger partial charge in [0.2, 0.25) is 5.91 Å². The quantitative estimate of drug-likeness (QED) is 0.605. The van der Waals surface area contributed by atoms with E-state index < -0.39 is 24.0 Å². The van der Waals surface area contributed by atoms with E-state index in [1.165, 1.54) is 6.07 Å². The minimum Gasteiger partial charge on any atom is -0.388 e. The molecular formula is C21H29F4N3O2. The number of benzene rings is 1. The fourth-order valence-electron chi connectivity index (χ4n) is 4.29. The number of halogens is 4. The monoisotopic (exact) mass is 431 g/mol. The minimum atomic E-state index is -4.60. The lowest BCUT2D eigenvalue weighted by Gasteiger charge is -2.40. The fourth-order valence-corrected chi connectivity index (χ4v) is 4.29. The molecule has 1 aromatic carbocycles. The Balaban J connectivity index is 1.49. The highest BCUT2D eigenvalue weighted by molar-refractivity contribution is 5.91. The Morgan fingerprint density at radius 3 is 2.47 bits per heavy atom. The number of alkyl halides is 4. The molecule has 0 aliphatic carbocycles. The lowest BCUT2D eigenvalue weighted by Crippen LogP contribution is -2.51. The number of carbonyl (C=O) groups is 1. The third-order valence-corrected chi connectivity index (χ3v) is 5.99. The Hall–Kier alpha value is -1.71. The van der Waals surface area contributed by atoms with Crippen LogP contribution in [0.3, 0.4) is 0 Å². The van der Waals surface area contributed by atoms with Gasteiger partial charge in [-0.2, -0.15) is 13.2 Å². The van der Waals surface area contributed by atoms with Crippen LogP contribution in [0, 0.1) is 5.92 Å². The summed E-state index contributed by atoms with van der Waals surface area (Å²) in [5.41, 5.74) is -1.79. The van der Waals surface area contributed by atoms with Crippen LogP contribution < -0.4 is 10.6 Å². The van der Waals surface area contributed by atoms with Crippen LogP contribution in [0.25, 0.3) is 0 Å². The number of piperidine rings is 2. The maximum atomic E-state index is 13.0. The van der Waals surface area contributed by atoms with Crippen molar-refractivity contribution < 1.29 is 27.5 Å². The molecule has 168 valence electrons. The standard InChI is InChI=1S/C21H29F4N3O2/c22-13-16-9-17(21(23,24)25)12-18(10-16)27-19(29)11-15-1-7-28(8-2-15)14-20(30)3-5-26-6-4-20/h9-10,12,15,26,30H,1-8,11,13-14H2,(H,27,29). The van der Waals surface area contributed by atoms with E-state index in [-0.39, 0.29) is 29.5 Å². The number of likely N-dealkylation sites (tertiary alicyclic amines) is 1. The van der Waals surface area contributed by atoms with E-state index in [1.54, 1.807) is 0 Å². The molecule has 3 N–H and O–H groups in total. The predicted octanol–water partition coefficient (Wildman–Crippen LogP) is 3.33. The topological polar surface area (TPSA) is 64.6 Å². The van der Waals surface area contributed by atoms with E-state index in [9.17, 15) is 27.5 Å². The summed E-state index contributed by atoms with van der Waals surface area (Å²) in [6.07, 6.45) is -1.35. The Labute approximate surface area is 173 Å². The van der Waals surface area contributed by atoms with Crippen molar-refractivity contribution in [2.45, 2.75) is 50.6 Å². The van der Waals surface area contributed by atoms with Crippen molar-refractivity contribution in [1.29, 1.82) is 0 Å². The van der Waals surface area contributed by atoms with E-state index in [2.05, 4.69) is 15.5 Å². The molecule has 0 spiro atoms. The maximum Gasteiger partial charge on any atom is 0.416 e. The molecule has 3 rings (SSSR count). The molecule has 0 bridgehead atoms. The summed E-state index contributed by atoms with van der Waals surface area (Å²) in [7, 11) is 0. The molecule has 2 heterocycles. The number of carbonyl (C=O) groups excluding carboxylic acids is 1. The van der Waals surface area contributed by atoms with Crippen molar-refractivity contribution >= 4 is 11.6 Å². The molecule has 2 aliphatic heterocycles. The number of β-amino-alcohol motifs (C(OH)–C–C–N with tert-alkyl or cyclic N) is 1. The zero-order chi connectivity index (χ0) is 21.8. The van der Waals surface area contributed by atoms with E-state index in [0.29, 0.717) is 6.54 Å². The molecule has 2 fully saturated rings. The van der Waals surface area contributed by atoms with E-state index >= 15 is 0 Å². The van der Waals surface area contributed by atoms with Gasteiger partial charge in [-0.1, -0.05) is 0 Å². The zero-order valence-electron chi connectivity index (χ0n) is 16.9. The third kappa shape index (κ3) is 6.39. The van der Waals surface area contributed by atoms with Crippen LogP contribution in [0.4, 0.5) is 23.2 Å². The van der Waals surface area contributed by atoms with Crippen molar-refractivity contribution in [2.24, 2.45) is 5.92 Å². The van der Waals surface area contributed by atoms with Crippen LogP contribution in [-0.2, 0) is 17.6 Å². The molecule has 0 radical (unpaired) electrons. The first-order valence-corrected chi connectivity index (χ1v) is 10.4. The molecule has 30 heavy (non-hydrogen) atoms. The average molecular weight is 431 g/mol. The van der Waals surface area contributed by atoms with Gasteiger partial charge in [-0.05, 0) is 81.5 Å². The van der Waals surface area contributed by atoms with Gasteiger partial charge in [0.05, 0.1) is 11.2 Å². The largest absolute Gasteiger partial charge is 0.416 e. The van der Waals surface area contributed by atoms with Crippen molar-refractivity contribution in [3.63, 3.8) is 0 Å². The predicted molar refractivity (Wildman–Crippen MR) is 106 cm³/mol. The van der Waals surface area contributed by atoms with Crippen LogP contribution in [0.1, 0.15) is 43.2 Å². The molecule has 0 atom stereocenters. The normalized spacial score (nSPS) is 20.8. The first-order valence-electron chi connectivity index (χ1n) is 10.4. The summed E-state index contributed by atoms with van der Waals surface area (Å²) >= 11 is 0. The highest BCUT2D eigenvalue weighted by Gasteiger charge is 2.33. The van der Waals surface area contributed by atoms with Gasteiger partial charge in [-0.25, -0.2) is 4.39 Å². The summed E-state index contributed by atoms with van der Waals surface area (Å²) < 4.78 is 51.8. The number of aliphatic hydroxyl groups is 1. The van der Waals surface area contributed by atoms with E-state index in [4.69, 9.17) is 0 Å². The number of amides is 1. The van der Waals surface area contributed by atoms with Crippen molar-refractivity contribution in [1.82, 2.24) is 10.2 Å². The van der Waals surface area contributed by atoms with E-state index in [0.717, 1.165) is 64.0 Å². The molecule has 0 unspecified atom stereocenters. The molecule has 0 aromatic heterocycles. The summed E-state index contributed by atoms with van der Waals surface area (Å²) in [6.45, 7) is 2.78. The second-order valence-corrected chi connectivity index (χ2v) is 8.50. The van der Waals surface area contributed by atoms with Crippen LogP contribution in [0.15, 0.2) is 18.2 Å². The molecule has 1 aromatic rings. The van der Waals surface area contributed by atoms with Gasteiger partial charge < -0.3 is 20.6 Å². The van der Waals surface area contributed by atoms with Gasteiger partial charge in [0.15, 0.2) is 0 Å². The first kappa shape index (κ1) is 23.0. The highest BCUT2D eigenvalue weighted by Crippen LogP contribution is 2.32. The number of nitrogens with one attached hydrogen (secondary N) is 2. The van der Waals surface area contributed by atoms with Gasteiger partial charge in [-0.15, -0.1) is 0 Å². The van der Waals surface area contributed by atoms with Crippen LogP contribution in [0.5, 0.6) is 0 Å². The summed E-state index contributed by atoms with van der Waals surface area (Å²) in [5.74, 6) is -0.232. The zero-order valence-corrected chi connectivity index (χ0v) is 16.9. The summed E-state index contributed by atoms with van der Waals surface area (Å²) in [6, 6.07) is 2.82. The Kier molecular flexibility index (Phi) is 7.36. The highest BCUT2D eigenvalue weighted by atomic mass is 19.4. The Morgan fingerprint density at radius 1 is 1.20 bits per heavy atom. The van der Waals surface area contributed by atoms with Gasteiger partial charge in [-0.3, -0.25) is 4.79 Å². The third-order valence-electron chi connectivity index (χ3n) is 5.99. The molecule has 2 aliphatic rings. The molecule has 2 saturated heterocycles. The van der Waals surface area contributed by atoms with Gasteiger partial charge in [0.1, 0.15) is 6.67 Å². The molecule has 5 nitrogen and oxygen atoms in total. The van der Waals surface area contributed by atoms with Crippen LogP contribution in [0.2, 0.25) is 0 Å². The summed E-state index contributed by atoms with van der Waals surface area (Å²) in [4.78, 5) is 14.6. The van der Waals surface area contributed by atoms with Crippen LogP contribution >= 0.6 is 0 Å². The molecule has 9 heteroatoms. The number of rotatable bonds is 6. The van der Waals surface area contributed by atoms with Crippen molar-refractivity contribution in [2.75, 3.05) is 38.0 Å². The Morgan fingerprint density at radius 2 is 1.87 bits per heavy atom. The van der Waals surface area contributed by atoms with Crippen LogP contribution in [-0.4, -0.2) is 54.2 Å². The number of hydrogen-bond acceptors (Lipinski definition) is 4. The Bertz CT molecular complexity index is 727. The fraction of sp³-hybridized carbons (Fsp3) is 0.667. The van der Waals surface area contributed by atoms with Gasteiger partial charge in [0, 0.05) is 18.7 Å². The number of anilines is 1. The molecular weight excluding hydrogens is 402 g/mol. The smallest absolute Gasteiger partial charge is 0.388 e.